The number of halogens is 3. The van der Waals surface area contributed by atoms with Crippen LogP contribution in [0.4, 0.5) is 22.8 Å². The molecule has 0 unspecified atom stereocenters. The Labute approximate surface area is 758 Å². The molecular formula is C93H134F3N13O21. The van der Waals surface area contributed by atoms with Gasteiger partial charge in [-0.05, 0) is 172 Å². The summed E-state index contributed by atoms with van der Waals surface area (Å²) in [6, 6.07) is 29.6. The molecule has 4 aromatic rings. The van der Waals surface area contributed by atoms with E-state index in [1.165, 1.54) is 26.4 Å². The summed E-state index contributed by atoms with van der Waals surface area (Å²) in [7, 11) is 2.50. The molecule has 6 rings (SSSR count). The smallest absolute Gasteiger partial charge is 0.480 e. The number of ketones is 1. The molecule has 34 nitrogen and oxygen atoms in total. The molecule has 130 heavy (non-hydrogen) atoms. The second-order valence-electron chi connectivity index (χ2n) is 34.3. The van der Waals surface area contributed by atoms with Crippen LogP contribution in [0.25, 0.3) is 0 Å². The van der Waals surface area contributed by atoms with Crippen LogP contribution in [0.2, 0.25) is 0 Å². The van der Waals surface area contributed by atoms with E-state index in [0.717, 1.165) is 47.2 Å². The molecule has 718 valence electrons. The van der Waals surface area contributed by atoms with Crippen molar-refractivity contribution in [1.82, 2.24) is 52.3 Å². The number of hydrogen-bond acceptors (Lipinski definition) is 22. The van der Waals surface area contributed by atoms with Gasteiger partial charge in [-0.3, -0.25) is 43.2 Å². The van der Waals surface area contributed by atoms with Crippen LogP contribution < -0.4 is 59.7 Å². The topological polar surface area (TPSA) is 514 Å². The standard InChI is InChI=1S/C41H60N4O9.C40H57N7O7.C10H16N2O3.C2HF3O2/c1-27(2)23-30(35(47)43-31(37(49)50)21-15-16-22-42-38(51)53-40(3,4)5)26-34(46)32(24-28-17-11-9-12-18-28)44-36(48)33(25-29-19-13-10-14-20-29)45-39(52)54-41(6,7)8;1-27(2)24-33(46-40(53)34(26-29-14-8-5-9-15-29)45-37(50)31(42)25-28-12-6-4-7-13-28)39(52)44-32(16-10-11-21-41)38(51)43-30-19-22-47(23-20-30)35(48)17-18-36(49)54-3;1-15-10(14)3-2-9(13)12-6-4-8(11)5-7-12;3-2(4,5)1(6)7/h9-14,17-20,27,30-33H,15-16,21-26H2,1-8H3,(H,42,51)(H,43,47)(H,44,48)(H,45,52)(H,49,50);4-9,12-15,17-18,27,30-34H,10-11,16,19-26,41-42H2,1-3H3,(H,43,51)(H,44,52)(H,45,50)(H,46,53);2-3,8H,4-7,11H2,1H3;(H,6,7)/b;18-17+;3-2+;/t30-,31+,32+,33+;31-,32-,33-,34-;;/m01../s1. The number of esters is 2. The molecular weight excluding hydrogens is 1690 g/mol. The average molecular weight is 1830 g/mol. The molecule has 2 aliphatic heterocycles. The molecule has 0 aliphatic carbocycles. The van der Waals surface area contributed by atoms with Gasteiger partial charge in [0.25, 0.3) is 0 Å². The number of nitrogens with two attached hydrogens (primary N) is 3. The Kier molecular flexibility index (Phi) is 50.4. The molecule has 10 amide bonds. The maximum absolute atomic E-state index is 14.1. The third-order valence-electron chi connectivity index (χ3n) is 19.9. The molecule has 0 spiro atoms. The van der Waals surface area contributed by atoms with Crippen LogP contribution in [-0.4, -0.2) is 234 Å². The molecule has 37 heteroatoms. The average Bonchev–Trinajstić information content (AvgIpc) is 0.848. The summed E-state index contributed by atoms with van der Waals surface area (Å²) in [4.78, 5) is 192. The summed E-state index contributed by atoms with van der Waals surface area (Å²) in [6.45, 7) is 20.8. The van der Waals surface area contributed by atoms with Crippen molar-refractivity contribution >= 4 is 89.1 Å². The molecule has 2 saturated heterocycles. The predicted octanol–water partition coefficient (Wildman–Crippen LogP) is 7.30. The van der Waals surface area contributed by atoms with Crippen LogP contribution in [-0.2, 0) is 107 Å². The van der Waals surface area contributed by atoms with Gasteiger partial charge in [0.15, 0.2) is 5.78 Å². The summed E-state index contributed by atoms with van der Waals surface area (Å²) in [6.07, 6.45) is 4.36. The van der Waals surface area contributed by atoms with Crippen molar-refractivity contribution in [3.05, 3.63) is 168 Å². The molecule has 0 bridgehead atoms. The summed E-state index contributed by atoms with van der Waals surface area (Å²) in [5.74, 6) is -9.99. The van der Waals surface area contributed by atoms with Gasteiger partial charge in [0.05, 0.1) is 26.3 Å². The van der Waals surface area contributed by atoms with Crippen molar-refractivity contribution < 1.29 is 114 Å². The van der Waals surface area contributed by atoms with Crippen molar-refractivity contribution in [2.75, 3.05) is 53.5 Å². The first-order valence-electron chi connectivity index (χ1n) is 43.5. The second-order valence-corrected chi connectivity index (χ2v) is 34.3. The number of benzene rings is 4. The lowest BCUT2D eigenvalue weighted by atomic mass is 9.88. The van der Waals surface area contributed by atoms with Crippen molar-refractivity contribution in [2.45, 2.75) is 250 Å². The Morgan fingerprint density at radius 1 is 0.462 bits per heavy atom. The number of aliphatic carboxylic acids is 2. The highest BCUT2D eigenvalue weighted by Gasteiger charge is 2.39. The molecule has 2 aliphatic rings. The summed E-state index contributed by atoms with van der Waals surface area (Å²) >= 11 is 0. The highest BCUT2D eigenvalue weighted by molar-refractivity contribution is 5.98. The minimum Gasteiger partial charge on any atom is -0.480 e. The van der Waals surface area contributed by atoms with E-state index in [2.05, 4.69) is 52.0 Å². The third kappa shape index (κ3) is 47.8. The van der Waals surface area contributed by atoms with Crippen molar-refractivity contribution in [1.29, 1.82) is 0 Å². The molecule has 0 saturated carbocycles. The molecule has 0 radical (unpaired) electrons. The number of nitrogens with zero attached hydrogens (tertiary/aromatic N) is 2. The first-order valence-corrected chi connectivity index (χ1v) is 43.5. The summed E-state index contributed by atoms with van der Waals surface area (Å²) in [5.41, 5.74) is 19.5. The zero-order valence-corrected chi connectivity index (χ0v) is 76.5. The number of ether oxygens (including phenoxy) is 4. The van der Waals surface area contributed by atoms with E-state index < -0.39 is 137 Å². The van der Waals surface area contributed by atoms with Crippen molar-refractivity contribution in [3.63, 3.8) is 0 Å². The van der Waals surface area contributed by atoms with E-state index in [4.69, 9.17) is 36.6 Å². The number of carboxylic acid groups (broad SMARTS) is 2. The number of unbranched alkanes of at least 4 members (excludes halogenated alkanes) is 2. The number of nitrogens with one attached hydrogen (secondary N) is 8. The van der Waals surface area contributed by atoms with E-state index >= 15 is 0 Å². The van der Waals surface area contributed by atoms with Gasteiger partial charge in [-0.1, -0.05) is 149 Å². The number of likely N-dealkylation sites (tertiary alicyclic amines) is 2. The Hall–Kier alpha value is -12.1. The van der Waals surface area contributed by atoms with E-state index in [0.29, 0.717) is 84.1 Å². The number of alkyl halides is 3. The fourth-order valence-electron chi connectivity index (χ4n) is 13.2. The van der Waals surface area contributed by atoms with E-state index in [1.807, 2.05) is 149 Å². The van der Waals surface area contributed by atoms with Gasteiger partial charge in [-0.15, -0.1) is 0 Å². The minimum atomic E-state index is -5.08. The molecule has 4 aromatic carbocycles. The van der Waals surface area contributed by atoms with Crippen molar-refractivity contribution in [3.8, 4) is 0 Å². The van der Waals surface area contributed by atoms with Crippen LogP contribution in [0, 0.1) is 17.8 Å². The van der Waals surface area contributed by atoms with Gasteiger partial charge in [0, 0.05) is 94.3 Å². The number of alkyl carbamates (subject to hydrolysis) is 2. The number of piperidine rings is 2. The Morgan fingerprint density at radius 2 is 0.838 bits per heavy atom. The van der Waals surface area contributed by atoms with Gasteiger partial charge in [-0.2, -0.15) is 13.2 Å². The van der Waals surface area contributed by atoms with Gasteiger partial charge in [-0.25, -0.2) is 28.8 Å². The maximum Gasteiger partial charge on any atom is 0.490 e. The highest BCUT2D eigenvalue weighted by Crippen LogP contribution is 2.22. The molecule has 16 N–H and O–H groups in total. The minimum absolute atomic E-state index is 0.00221. The quantitative estimate of drug-likeness (QED) is 0.00895. The fraction of sp³-hybridized carbons (Fsp3) is 0.538. The Balaban J connectivity index is 0.000000541. The van der Waals surface area contributed by atoms with Crippen LogP contribution in [0.1, 0.15) is 175 Å². The highest BCUT2D eigenvalue weighted by atomic mass is 19.4. The largest absolute Gasteiger partial charge is 0.490 e. The molecule has 8 atom stereocenters. The Bertz CT molecular complexity index is 4290. The lowest BCUT2D eigenvalue weighted by molar-refractivity contribution is -0.192. The lowest BCUT2D eigenvalue weighted by Crippen LogP contribution is -2.59. The number of carbonyl (C=O) groups is 15. The van der Waals surface area contributed by atoms with E-state index in [-0.39, 0.29) is 93.1 Å². The Morgan fingerprint density at radius 3 is 1.26 bits per heavy atom. The van der Waals surface area contributed by atoms with E-state index in [1.54, 1.807) is 51.3 Å². The van der Waals surface area contributed by atoms with Crippen LogP contribution in [0.5, 0.6) is 0 Å². The number of carboxylic acids is 2. The summed E-state index contributed by atoms with van der Waals surface area (Å²) in [5, 5.41) is 39.4. The van der Waals surface area contributed by atoms with Gasteiger partial charge < -0.3 is 98.7 Å². The van der Waals surface area contributed by atoms with Gasteiger partial charge >= 0.3 is 42.2 Å². The number of Topliss-reactive ketones (excluding diaryl/α,β-unsaturated/α-hetero) is 1. The predicted molar refractivity (Wildman–Crippen MR) is 480 cm³/mol. The van der Waals surface area contributed by atoms with Crippen molar-refractivity contribution in [2.24, 2.45) is 35.0 Å². The monoisotopic (exact) mass is 1830 g/mol. The first-order chi connectivity index (χ1) is 61.2. The number of carbonyl (C=O) groups excluding carboxylic acids is 13. The van der Waals surface area contributed by atoms with Crippen LogP contribution in [0.3, 0.4) is 0 Å². The number of methoxy groups -OCH3 is 2. The van der Waals surface area contributed by atoms with E-state index in [9.17, 15) is 85.4 Å². The lowest BCUT2D eigenvalue weighted by Gasteiger charge is -2.33. The fourth-order valence-corrected chi connectivity index (χ4v) is 13.2. The second kappa shape index (κ2) is 58.4. The van der Waals surface area contributed by atoms with Crippen LogP contribution >= 0.6 is 0 Å². The molecule has 0 aromatic heterocycles. The summed E-state index contributed by atoms with van der Waals surface area (Å²) < 4.78 is 51.3. The van der Waals surface area contributed by atoms with Gasteiger partial charge in [0.2, 0.25) is 47.3 Å². The molecule has 2 fully saturated rings. The van der Waals surface area contributed by atoms with Crippen LogP contribution in [0.15, 0.2) is 146 Å². The SMILES string of the molecule is CC(C)C[C@@H](CC(=O)[C@@H](Cc1ccccc1)NC(=O)[C@@H](Cc1ccccc1)NC(=O)OC(C)(C)C)C(=O)N[C@H](CCCCNC(=O)OC(C)(C)C)C(=O)O.COC(=O)/C=C/C(=O)N1CCC(N)CC1.COC(=O)/C=C/C(=O)N1CCC(NC(=O)[C@@H](CCCCN)NC(=O)[C@@H](CC(C)C)NC(=O)[C@@H](Cc2ccccc2)NC(=O)[C@H](N)Cc2ccccc2)CC1.O=C(O)C(F)(F)F. The maximum atomic E-state index is 14.1. The zero-order valence-electron chi connectivity index (χ0n) is 76.5. The normalized spacial score (nSPS) is 14.9. The van der Waals surface area contributed by atoms with Gasteiger partial charge in [0.1, 0.15) is 41.4 Å². The molecule has 2 heterocycles. The number of hydrogen-bond donors (Lipinski definition) is 13. The zero-order chi connectivity index (χ0) is 97.3. The number of amides is 10. The third-order valence-corrected chi connectivity index (χ3v) is 19.9. The first kappa shape index (κ1) is 112. The number of rotatable bonds is 42.